The highest BCUT2D eigenvalue weighted by atomic mass is 16.4. The van der Waals surface area contributed by atoms with E-state index in [1.807, 2.05) is 12.1 Å². The Morgan fingerprint density at radius 2 is 2.05 bits per heavy atom. The Labute approximate surface area is 120 Å². The lowest BCUT2D eigenvalue weighted by atomic mass is 9.96. The molecule has 4 heteroatoms. The van der Waals surface area contributed by atoms with Crippen LogP contribution in [0.15, 0.2) is 24.3 Å². The Hall–Kier alpha value is -1.39. The van der Waals surface area contributed by atoms with Gasteiger partial charge in [-0.15, -0.1) is 0 Å². The molecule has 0 aromatic heterocycles. The normalized spacial score (nSPS) is 17.2. The third kappa shape index (κ3) is 4.05. The minimum atomic E-state index is -0.848. The first-order valence-corrected chi connectivity index (χ1v) is 7.45. The van der Waals surface area contributed by atoms with E-state index in [-0.39, 0.29) is 0 Å². The molecule has 1 saturated heterocycles. The molecule has 1 heterocycles. The van der Waals surface area contributed by atoms with Gasteiger partial charge >= 0.3 is 5.97 Å². The maximum absolute atomic E-state index is 11.1. The van der Waals surface area contributed by atoms with Crippen LogP contribution in [-0.4, -0.2) is 42.2 Å². The second kappa shape index (κ2) is 7.41. The molecule has 2 rings (SSSR count). The van der Waals surface area contributed by atoms with Gasteiger partial charge in [0.25, 0.3) is 0 Å². The standard InChI is InChI=1S/C16H24N2O2/c1-2-18-9-7-13(8-10-18)11-17-12-14-5-3-4-6-15(14)16(19)20/h3-6,13,17H,2,7-12H2,1H3,(H,19,20). The van der Waals surface area contributed by atoms with E-state index >= 15 is 0 Å². The predicted molar refractivity (Wildman–Crippen MR) is 79.9 cm³/mol. The van der Waals surface area contributed by atoms with Gasteiger partial charge in [0.1, 0.15) is 0 Å². The third-order valence-corrected chi connectivity index (χ3v) is 4.15. The maximum atomic E-state index is 11.1. The molecule has 1 aromatic rings. The molecule has 4 nitrogen and oxygen atoms in total. The first-order valence-electron chi connectivity index (χ1n) is 7.45. The van der Waals surface area contributed by atoms with Crippen molar-refractivity contribution >= 4 is 5.97 Å². The van der Waals surface area contributed by atoms with Gasteiger partial charge in [-0.25, -0.2) is 4.79 Å². The molecular formula is C16H24N2O2. The minimum absolute atomic E-state index is 0.404. The molecular weight excluding hydrogens is 252 g/mol. The summed E-state index contributed by atoms with van der Waals surface area (Å²) in [5.74, 6) is -0.131. The molecule has 1 aliphatic rings. The molecule has 0 unspecified atom stereocenters. The van der Waals surface area contributed by atoms with Crippen LogP contribution < -0.4 is 5.32 Å². The number of nitrogens with one attached hydrogen (secondary N) is 1. The molecule has 0 radical (unpaired) electrons. The summed E-state index contributed by atoms with van der Waals surface area (Å²) >= 11 is 0. The topological polar surface area (TPSA) is 52.6 Å². The molecule has 110 valence electrons. The Balaban J connectivity index is 1.78. The summed E-state index contributed by atoms with van der Waals surface area (Å²) in [7, 11) is 0. The fourth-order valence-electron chi connectivity index (χ4n) is 2.80. The van der Waals surface area contributed by atoms with E-state index in [1.165, 1.54) is 25.9 Å². The predicted octanol–water partition coefficient (Wildman–Crippen LogP) is 2.21. The van der Waals surface area contributed by atoms with Crippen LogP contribution in [0, 0.1) is 5.92 Å². The lowest BCUT2D eigenvalue weighted by molar-refractivity contribution is 0.0695. The molecule has 2 N–H and O–H groups in total. The summed E-state index contributed by atoms with van der Waals surface area (Å²) in [6.07, 6.45) is 2.48. The maximum Gasteiger partial charge on any atom is 0.336 e. The van der Waals surface area contributed by atoms with Crippen molar-refractivity contribution in [3.63, 3.8) is 0 Å². The molecule has 1 aromatic carbocycles. The van der Waals surface area contributed by atoms with Gasteiger partial charge in [-0.3, -0.25) is 0 Å². The Morgan fingerprint density at radius 3 is 2.70 bits per heavy atom. The molecule has 0 atom stereocenters. The molecule has 20 heavy (non-hydrogen) atoms. The zero-order chi connectivity index (χ0) is 14.4. The third-order valence-electron chi connectivity index (χ3n) is 4.15. The minimum Gasteiger partial charge on any atom is -0.478 e. The summed E-state index contributed by atoms with van der Waals surface area (Å²) in [6, 6.07) is 7.21. The molecule has 0 amide bonds. The highest BCUT2D eigenvalue weighted by Gasteiger charge is 2.17. The van der Waals surface area contributed by atoms with Gasteiger partial charge in [0.15, 0.2) is 0 Å². The highest BCUT2D eigenvalue weighted by Crippen LogP contribution is 2.16. The average Bonchev–Trinajstić information content (AvgIpc) is 2.48. The smallest absolute Gasteiger partial charge is 0.336 e. The fraction of sp³-hybridized carbons (Fsp3) is 0.562. The second-order valence-corrected chi connectivity index (χ2v) is 5.47. The van der Waals surface area contributed by atoms with Crippen LogP contribution in [0.1, 0.15) is 35.7 Å². The zero-order valence-corrected chi connectivity index (χ0v) is 12.1. The van der Waals surface area contributed by atoms with E-state index in [4.69, 9.17) is 5.11 Å². The average molecular weight is 276 g/mol. The van der Waals surface area contributed by atoms with Crippen molar-refractivity contribution in [3.05, 3.63) is 35.4 Å². The van der Waals surface area contributed by atoms with Gasteiger partial charge in [0, 0.05) is 6.54 Å². The van der Waals surface area contributed by atoms with Crippen LogP contribution in [-0.2, 0) is 6.54 Å². The Morgan fingerprint density at radius 1 is 1.35 bits per heavy atom. The van der Waals surface area contributed by atoms with Gasteiger partial charge < -0.3 is 15.3 Å². The highest BCUT2D eigenvalue weighted by molar-refractivity contribution is 5.89. The lowest BCUT2D eigenvalue weighted by Crippen LogP contribution is -2.37. The summed E-state index contributed by atoms with van der Waals surface area (Å²) in [6.45, 7) is 7.35. The number of nitrogens with zero attached hydrogens (tertiary/aromatic N) is 1. The number of carboxylic acids is 1. The van der Waals surface area contributed by atoms with E-state index in [0.29, 0.717) is 12.1 Å². The number of piperidine rings is 1. The van der Waals surface area contributed by atoms with Crippen molar-refractivity contribution in [3.8, 4) is 0 Å². The SMILES string of the molecule is CCN1CCC(CNCc2ccccc2C(=O)O)CC1. The monoisotopic (exact) mass is 276 g/mol. The van der Waals surface area contributed by atoms with Crippen LogP contribution in [0.5, 0.6) is 0 Å². The van der Waals surface area contributed by atoms with Crippen molar-refractivity contribution in [2.24, 2.45) is 5.92 Å². The van der Waals surface area contributed by atoms with E-state index in [0.717, 1.165) is 24.6 Å². The van der Waals surface area contributed by atoms with Crippen LogP contribution in [0.2, 0.25) is 0 Å². The molecule has 0 aliphatic carbocycles. The summed E-state index contributed by atoms with van der Waals surface area (Å²) in [4.78, 5) is 13.6. The first-order chi connectivity index (χ1) is 9.70. The van der Waals surface area contributed by atoms with Crippen LogP contribution in [0.3, 0.4) is 0 Å². The zero-order valence-electron chi connectivity index (χ0n) is 12.1. The number of likely N-dealkylation sites (tertiary alicyclic amines) is 1. The van der Waals surface area contributed by atoms with Gasteiger partial charge in [0.05, 0.1) is 5.56 Å². The van der Waals surface area contributed by atoms with Crippen LogP contribution >= 0.6 is 0 Å². The molecule has 0 saturated carbocycles. The molecule has 1 fully saturated rings. The summed E-state index contributed by atoms with van der Waals surface area (Å²) < 4.78 is 0. The van der Waals surface area contributed by atoms with Crippen LogP contribution in [0.25, 0.3) is 0 Å². The van der Waals surface area contributed by atoms with Crippen molar-refractivity contribution in [2.75, 3.05) is 26.2 Å². The van der Waals surface area contributed by atoms with Crippen molar-refractivity contribution in [1.82, 2.24) is 10.2 Å². The van der Waals surface area contributed by atoms with Crippen molar-refractivity contribution in [2.45, 2.75) is 26.3 Å². The number of benzene rings is 1. The molecule has 0 spiro atoms. The van der Waals surface area contributed by atoms with Gasteiger partial charge in [-0.1, -0.05) is 25.1 Å². The number of rotatable bonds is 6. The van der Waals surface area contributed by atoms with E-state index in [1.54, 1.807) is 12.1 Å². The summed E-state index contributed by atoms with van der Waals surface area (Å²) in [5, 5.41) is 12.6. The summed E-state index contributed by atoms with van der Waals surface area (Å²) in [5.41, 5.74) is 1.27. The number of aromatic carboxylic acids is 1. The Bertz CT molecular complexity index is 440. The van der Waals surface area contributed by atoms with Crippen molar-refractivity contribution < 1.29 is 9.90 Å². The number of carboxylic acid groups (broad SMARTS) is 1. The van der Waals surface area contributed by atoms with Gasteiger partial charge in [-0.2, -0.15) is 0 Å². The van der Waals surface area contributed by atoms with Crippen molar-refractivity contribution in [1.29, 1.82) is 0 Å². The van der Waals surface area contributed by atoms with Crippen LogP contribution in [0.4, 0.5) is 0 Å². The largest absolute Gasteiger partial charge is 0.478 e. The first kappa shape index (κ1) is 15.0. The number of carbonyl (C=O) groups is 1. The fourth-order valence-corrected chi connectivity index (χ4v) is 2.80. The Kier molecular flexibility index (Phi) is 5.56. The van der Waals surface area contributed by atoms with E-state index in [9.17, 15) is 4.79 Å². The molecule has 0 bridgehead atoms. The lowest BCUT2D eigenvalue weighted by Gasteiger charge is -2.31. The quantitative estimate of drug-likeness (QED) is 0.836. The number of hydrogen-bond acceptors (Lipinski definition) is 3. The van der Waals surface area contributed by atoms with Gasteiger partial charge in [0.2, 0.25) is 0 Å². The van der Waals surface area contributed by atoms with E-state index < -0.39 is 5.97 Å². The molecule has 1 aliphatic heterocycles. The number of hydrogen-bond donors (Lipinski definition) is 2. The second-order valence-electron chi connectivity index (χ2n) is 5.47. The van der Waals surface area contributed by atoms with Gasteiger partial charge in [-0.05, 0) is 56.6 Å². The van der Waals surface area contributed by atoms with E-state index in [2.05, 4.69) is 17.1 Å².